The average Bonchev–Trinajstić information content (AvgIpc) is 2.81. The second kappa shape index (κ2) is 5.96. The number of rotatable bonds is 3. The molecule has 0 radical (unpaired) electrons. The molecule has 0 saturated carbocycles. The van der Waals surface area contributed by atoms with Gasteiger partial charge in [-0.2, -0.15) is 0 Å². The fourth-order valence-electron chi connectivity index (χ4n) is 2.86. The molecule has 0 unspecified atom stereocenters. The molecule has 0 N–H and O–H groups in total. The lowest BCUT2D eigenvalue weighted by atomic mass is 10.0. The number of carbonyl (C=O) groups is 3. The van der Waals surface area contributed by atoms with Gasteiger partial charge in [0.05, 0.1) is 24.1 Å². The smallest absolute Gasteiger partial charge is 0.313 e. The topological polar surface area (TPSA) is 74.6 Å². The molecule has 0 saturated heterocycles. The van der Waals surface area contributed by atoms with Crippen molar-refractivity contribution in [1.29, 1.82) is 0 Å². The van der Waals surface area contributed by atoms with Crippen molar-refractivity contribution in [2.75, 3.05) is 7.11 Å². The first-order chi connectivity index (χ1) is 11.4. The highest BCUT2D eigenvalue weighted by Gasteiger charge is 2.29. The van der Waals surface area contributed by atoms with E-state index in [0.29, 0.717) is 22.6 Å². The molecule has 6 nitrogen and oxygen atoms in total. The van der Waals surface area contributed by atoms with Crippen LogP contribution >= 0.6 is 0 Å². The standard InChI is InChI=1S/C18H17NO5/c1-10-4-5-12-15(6-10)24-9-11-7-13(14(20)8-16(21)23-3)19(2)17(11)18(12)22/h4-7H,8-9H2,1-3H3. The Morgan fingerprint density at radius 2 is 2.04 bits per heavy atom. The van der Waals surface area contributed by atoms with Crippen molar-refractivity contribution in [3.63, 3.8) is 0 Å². The van der Waals surface area contributed by atoms with Crippen LogP contribution in [0, 0.1) is 6.92 Å². The summed E-state index contributed by atoms with van der Waals surface area (Å²) in [6, 6.07) is 7.00. The number of Topliss-reactive ketones (excluding diaryl/α,β-unsaturated/α-hetero) is 1. The number of aromatic nitrogens is 1. The molecule has 0 aliphatic carbocycles. The minimum absolute atomic E-state index is 0.191. The second-order valence-electron chi connectivity index (χ2n) is 5.76. The van der Waals surface area contributed by atoms with Gasteiger partial charge in [0.25, 0.3) is 0 Å². The molecule has 1 aromatic heterocycles. The summed E-state index contributed by atoms with van der Waals surface area (Å²) in [7, 11) is 2.87. The number of ether oxygens (including phenoxy) is 2. The van der Waals surface area contributed by atoms with Crippen LogP contribution in [0.15, 0.2) is 24.3 Å². The van der Waals surface area contributed by atoms with Gasteiger partial charge in [-0.1, -0.05) is 6.07 Å². The summed E-state index contributed by atoms with van der Waals surface area (Å²) in [4.78, 5) is 36.5. The first-order valence-corrected chi connectivity index (χ1v) is 7.49. The number of fused-ring (bicyclic) bond motifs is 2. The zero-order valence-corrected chi connectivity index (χ0v) is 13.7. The molecule has 0 atom stereocenters. The number of benzene rings is 1. The minimum Gasteiger partial charge on any atom is -0.488 e. The van der Waals surface area contributed by atoms with Crippen LogP contribution in [0.2, 0.25) is 0 Å². The van der Waals surface area contributed by atoms with Crippen LogP contribution in [0.5, 0.6) is 5.75 Å². The Morgan fingerprint density at radius 3 is 2.75 bits per heavy atom. The molecule has 2 heterocycles. The second-order valence-corrected chi connectivity index (χ2v) is 5.76. The lowest BCUT2D eigenvalue weighted by Crippen LogP contribution is -2.15. The monoisotopic (exact) mass is 327 g/mol. The summed E-state index contributed by atoms with van der Waals surface area (Å²) in [6.45, 7) is 2.12. The van der Waals surface area contributed by atoms with E-state index < -0.39 is 11.8 Å². The van der Waals surface area contributed by atoms with Crippen molar-refractivity contribution in [2.24, 2.45) is 7.05 Å². The molecule has 2 aromatic rings. The van der Waals surface area contributed by atoms with Crippen molar-refractivity contribution in [2.45, 2.75) is 20.0 Å². The van der Waals surface area contributed by atoms with E-state index in [4.69, 9.17) is 4.74 Å². The van der Waals surface area contributed by atoms with Crippen LogP contribution in [-0.2, 0) is 23.2 Å². The molecular weight excluding hydrogens is 310 g/mol. The molecule has 1 aromatic carbocycles. The van der Waals surface area contributed by atoms with Crippen molar-refractivity contribution in [3.05, 3.63) is 52.3 Å². The maximum absolute atomic E-state index is 12.9. The zero-order chi connectivity index (χ0) is 17.4. The van der Waals surface area contributed by atoms with E-state index >= 15 is 0 Å². The fraction of sp³-hybridized carbons (Fsp3) is 0.278. The molecule has 0 fully saturated rings. The van der Waals surface area contributed by atoms with Gasteiger partial charge >= 0.3 is 5.97 Å². The summed E-state index contributed by atoms with van der Waals surface area (Å²) >= 11 is 0. The number of methoxy groups -OCH3 is 1. The average molecular weight is 327 g/mol. The predicted octanol–water partition coefficient (Wildman–Crippen LogP) is 2.20. The number of esters is 1. The van der Waals surface area contributed by atoms with Gasteiger partial charge in [-0.25, -0.2) is 0 Å². The molecule has 1 aliphatic rings. The highest BCUT2D eigenvalue weighted by molar-refractivity contribution is 6.13. The van der Waals surface area contributed by atoms with Gasteiger partial charge in [-0.3, -0.25) is 14.4 Å². The van der Waals surface area contributed by atoms with Crippen LogP contribution in [0.3, 0.4) is 0 Å². The Kier molecular flexibility index (Phi) is 3.97. The van der Waals surface area contributed by atoms with E-state index in [1.165, 1.54) is 11.7 Å². The Morgan fingerprint density at radius 1 is 1.29 bits per heavy atom. The lowest BCUT2D eigenvalue weighted by molar-refractivity contribution is -0.139. The molecule has 0 bridgehead atoms. The summed E-state index contributed by atoms with van der Waals surface area (Å²) < 4.78 is 11.8. The van der Waals surface area contributed by atoms with E-state index in [2.05, 4.69) is 4.74 Å². The SMILES string of the molecule is COC(=O)CC(=O)c1cc2c(n1C)C(=O)c1ccc(C)cc1OC2. The molecular formula is C18H17NO5. The Hall–Kier alpha value is -2.89. The van der Waals surface area contributed by atoms with Crippen LogP contribution < -0.4 is 4.74 Å². The zero-order valence-electron chi connectivity index (χ0n) is 13.7. The third-order valence-electron chi connectivity index (χ3n) is 4.11. The molecule has 124 valence electrons. The Labute approximate surface area is 139 Å². The van der Waals surface area contributed by atoms with Crippen molar-refractivity contribution >= 4 is 17.5 Å². The first-order valence-electron chi connectivity index (χ1n) is 7.49. The van der Waals surface area contributed by atoms with E-state index in [1.807, 2.05) is 19.1 Å². The van der Waals surface area contributed by atoms with Gasteiger partial charge < -0.3 is 14.0 Å². The van der Waals surface area contributed by atoms with Gasteiger partial charge in [0.1, 0.15) is 18.8 Å². The quantitative estimate of drug-likeness (QED) is 0.491. The number of hydrogen-bond acceptors (Lipinski definition) is 5. The normalized spacial score (nSPS) is 12.7. The Bertz CT molecular complexity index is 863. The molecule has 0 spiro atoms. The van der Waals surface area contributed by atoms with E-state index in [1.54, 1.807) is 19.2 Å². The third-order valence-corrected chi connectivity index (χ3v) is 4.11. The van der Waals surface area contributed by atoms with Crippen LogP contribution in [0.25, 0.3) is 0 Å². The van der Waals surface area contributed by atoms with Crippen LogP contribution in [-0.4, -0.2) is 29.2 Å². The molecule has 0 amide bonds. The number of nitrogens with zero attached hydrogens (tertiary/aromatic N) is 1. The van der Waals surface area contributed by atoms with Gasteiger partial charge in [-0.15, -0.1) is 0 Å². The van der Waals surface area contributed by atoms with Gasteiger partial charge in [0.15, 0.2) is 5.78 Å². The molecule has 6 heteroatoms. The largest absolute Gasteiger partial charge is 0.488 e. The third kappa shape index (κ3) is 2.60. The van der Waals surface area contributed by atoms with E-state index in [0.717, 1.165) is 5.56 Å². The van der Waals surface area contributed by atoms with Crippen molar-refractivity contribution in [3.8, 4) is 5.75 Å². The number of ketones is 2. The summed E-state index contributed by atoms with van der Waals surface area (Å²) in [5.74, 6) is -0.662. The predicted molar refractivity (Wildman–Crippen MR) is 85.3 cm³/mol. The molecule has 3 rings (SSSR count). The minimum atomic E-state index is -0.611. The highest BCUT2D eigenvalue weighted by Crippen LogP contribution is 2.31. The lowest BCUT2D eigenvalue weighted by Gasteiger charge is -2.08. The van der Waals surface area contributed by atoms with Crippen LogP contribution in [0.1, 0.15) is 44.1 Å². The molecule has 24 heavy (non-hydrogen) atoms. The summed E-state index contributed by atoms with van der Waals surface area (Å²) in [5.41, 5.74) is 2.79. The van der Waals surface area contributed by atoms with Crippen molar-refractivity contribution in [1.82, 2.24) is 4.57 Å². The van der Waals surface area contributed by atoms with Gasteiger partial charge in [-0.05, 0) is 30.7 Å². The Balaban J connectivity index is 2.03. The van der Waals surface area contributed by atoms with Gasteiger partial charge in [0, 0.05) is 12.6 Å². The van der Waals surface area contributed by atoms with Crippen LogP contribution in [0.4, 0.5) is 0 Å². The summed E-state index contributed by atoms with van der Waals surface area (Å²) in [5, 5.41) is 0. The number of hydrogen-bond donors (Lipinski definition) is 0. The maximum Gasteiger partial charge on any atom is 0.313 e. The fourth-order valence-corrected chi connectivity index (χ4v) is 2.86. The molecule has 1 aliphatic heterocycles. The number of aryl methyl sites for hydroxylation is 1. The van der Waals surface area contributed by atoms with Gasteiger partial charge in [0.2, 0.25) is 5.78 Å². The number of carbonyl (C=O) groups excluding carboxylic acids is 3. The highest BCUT2D eigenvalue weighted by atomic mass is 16.5. The first kappa shape index (κ1) is 16.0. The maximum atomic E-state index is 12.9. The van der Waals surface area contributed by atoms with Crippen molar-refractivity contribution < 1.29 is 23.9 Å². The van der Waals surface area contributed by atoms with E-state index in [9.17, 15) is 14.4 Å². The van der Waals surface area contributed by atoms with E-state index in [-0.39, 0.29) is 24.5 Å². The summed E-state index contributed by atoms with van der Waals surface area (Å²) in [6.07, 6.45) is -0.363.